The van der Waals surface area contributed by atoms with Gasteiger partial charge in [0.25, 0.3) is 5.91 Å². The lowest BCUT2D eigenvalue weighted by atomic mass is 10.1. The maximum absolute atomic E-state index is 12.5. The first-order valence-corrected chi connectivity index (χ1v) is 7.18. The number of hydrogen-bond acceptors (Lipinski definition) is 3. The molecule has 0 bridgehead atoms. The summed E-state index contributed by atoms with van der Waals surface area (Å²) in [5.74, 6) is 0.675. The average molecular weight is 282 g/mol. The maximum Gasteiger partial charge on any atom is 0.254 e. The Bertz CT molecular complexity index is 458. The largest absolute Gasteiger partial charge is 0.370 e. The van der Waals surface area contributed by atoms with Crippen molar-refractivity contribution < 1.29 is 4.79 Å². The van der Waals surface area contributed by atoms with E-state index < -0.39 is 0 Å². The summed E-state index contributed by atoms with van der Waals surface area (Å²) in [5.41, 5.74) is 0.602. The summed E-state index contributed by atoms with van der Waals surface area (Å²) in [5, 5.41) is 3.43. The highest BCUT2D eigenvalue weighted by Gasteiger charge is 2.24. The van der Waals surface area contributed by atoms with Gasteiger partial charge in [0.15, 0.2) is 0 Å². The van der Waals surface area contributed by atoms with Gasteiger partial charge in [-0.1, -0.05) is 24.4 Å². The number of anilines is 1. The molecule has 104 valence electrons. The molecule has 1 saturated carbocycles. The molecule has 1 N–H and O–H groups in total. The zero-order valence-corrected chi connectivity index (χ0v) is 12.2. The van der Waals surface area contributed by atoms with Crippen LogP contribution in [0.1, 0.15) is 43.0 Å². The third-order valence-corrected chi connectivity index (χ3v) is 3.79. The number of carbonyl (C=O) groups is 1. The van der Waals surface area contributed by atoms with E-state index in [4.69, 9.17) is 11.6 Å². The van der Waals surface area contributed by atoms with E-state index in [1.165, 1.54) is 12.8 Å². The van der Waals surface area contributed by atoms with Gasteiger partial charge in [0.2, 0.25) is 0 Å². The van der Waals surface area contributed by atoms with Crippen molar-refractivity contribution in [3.05, 3.63) is 22.8 Å². The molecule has 0 atom stereocenters. The molecule has 0 unspecified atom stereocenters. The summed E-state index contributed by atoms with van der Waals surface area (Å²) in [6, 6.07) is 3.77. The highest BCUT2D eigenvalue weighted by molar-refractivity contribution is 6.29. The van der Waals surface area contributed by atoms with Crippen LogP contribution in [-0.4, -0.2) is 35.4 Å². The molecule has 0 spiro atoms. The van der Waals surface area contributed by atoms with E-state index in [0.29, 0.717) is 22.6 Å². The van der Waals surface area contributed by atoms with E-state index in [1.807, 2.05) is 18.9 Å². The normalized spacial score (nSPS) is 15.5. The van der Waals surface area contributed by atoms with Crippen LogP contribution in [-0.2, 0) is 0 Å². The molecule has 0 saturated heterocycles. The molecular weight excluding hydrogens is 262 g/mol. The number of nitrogens with zero attached hydrogens (tertiary/aromatic N) is 2. The Morgan fingerprint density at radius 3 is 2.79 bits per heavy atom. The minimum absolute atomic E-state index is 0.0235. The Hall–Kier alpha value is -1.29. The Balaban J connectivity index is 2.17. The molecule has 0 radical (unpaired) electrons. The van der Waals surface area contributed by atoms with E-state index in [9.17, 15) is 4.79 Å². The molecule has 4 nitrogen and oxygen atoms in total. The topological polar surface area (TPSA) is 45.2 Å². The number of aromatic nitrogens is 1. The molecule has 1 aromatic rings. The van der Waals surface area contributed by atoms with Crippen LogP contribution in [0.4, 0.5) is 5.82 Å². The van der Waals surface area contributed by atoms with E-state index in [0.717, 1.165) is 19.4 Å². The molecule has 0 aliphatic heterocycles. The minimum atomic E-state index is 0.0235. The predicted molar refractivity (Wildman–Crippen MR) is 77.8 cm³/mol. The van der Waals surface area contributed by atoms with Crippen LogP contribution >= 0.6 is 11.6 Å². The van der Waals surface area contributed by atoms with E-state index in [-0.39, 0.29) is 5.91 Å². The second-order valence-electron chi connectivity index (χ2n) is 4.95. The molecule has 1 aliphatic carbocycles. The minimum Gasteiger partial charge on any atom is -0.370 e. The number of pyridine rings is 1. The second kappa shape index (κ2) is 6.24. The molecular formula is C14H20ClN3O. The maximum atomic E-state index is 12.5. The van der Waals surface area contributed by atoms with Crippen molar-refractivity contribution in [2.75, 3.05) is 18.9 Å². The van der Waals surface area contributed by atoms with Gasteiger partial charge >= 0.3 is 0 Å². The zero-order valence-electron chi connectivity index (χ0n) is 11.4. The number of amides is 1. The molecule has 1 heterocycles. The van der Waals surface area contributed by atoms with Crippen molar-refractivity contribution in [2.45, 2.75) is 38.6 Å². The second-order valence-corrected chi connectivity index (χ2v) is 5.34. The predicted octanol–water partition coefficient (Wildman–Crippen LogP) is 3.18. The Kier molecular flexibility index (Phi) is 4.64. The number of hydrogen-bond donors (Lipinski definition) is 1. The molecule has 0 aromatic carbocycles. The third kappa shape index (κ3) is 3.38. The number of halogens is 1. The SMILES string of the molecule is CCNc1cc(C(=O)N(C)C2CCCC2)cc(Cl)n1. The molecule has 1 aromatic heterocycles. The number of rotatable bonds is 4. The first-order valence-electron chi connectivity index (χ1n) is 6.80. The molecule has 1 amide bonds. The van der Waals surface area contributed by atoms with Crippen molar-refractivity contribution in [1.82, 2.24) is 9.88 Å². The third-order valence-electron chi connectivity index (χ3n) is 3.59. The summed E-state index contributed by atoms with van der Waals surface area (Å²) in [6.07, 6.45) is 4.62. The molecule has 1 aliphatic rings. The van der Waals surface area contributed by atoms with Crippen LogP contribution < -0.4 is 5.32 Å². The molecule has 19 heavy (non-hydrogen) atoms. The number of nitrogens with one attached hydrogen (secondary N) is 1. The first kappa shape index (κ1) is 14.1. The highest BCUT2D eigenvalue weighted by Crippen LogP contribution is 2.24. The van der Waals surface area contributed by atoms with E-state index in [1.54, 1.807) is 12.1 Å². The van der Waals surface area contributed by atoms with Gasteiger partial charge in [0.05, 0.1) is 0 Å². The smallest absolute Gasteiger partial charge is 0.254 e. The summed E-state index contributed by atoms with van der Waals surface area (Å²) in [6.45, 7) is 2.73. The van der Waals surface area contributed by atoms with E-state index >= 15 is 0 Å². The zero-order chi connectivity index (χ0) is 13.8. The summed E-state index contributed by atoms with van der Waals surface area (Å²) in [7, 11) is 1.87. The highest BCUT2D eigenvalue weighted by atomic mass is 35.5. The molecule has 5 heteroatoms. The summed E-state index contributed by atoms with van der Waals surface area (Å²) < 4.78 is 0. The summed E-state index contributed by atoms with van der Waals surface area (Å²) in [4.78, 5) is 18.4. The lowest BCUT2D eigenvalue weighted by Gasteiger charge is -2.24. The first-order chi connectivity index (χ1) is 9.11. The van der Waals surface area contributed by atoms with Gasteiger partial charge in [-0.3, -0.25) is 4.79 Å². The lowest BCUT2D eigenvalue weighted by Crippen LogP contribution is -2.35. The fourth-order valence-corrected chi connectivity index (χ4v) is 2.76. The van der Waals surface area contributed by atoms with Gasteiger partial charge in [-0.15, -0.1) is 0 Å². The van der Waals surface area contributed by atoms with Gasteiger partial charge in [-0.05, 0) is 31.9 Å². The van der Waals surface area contributed by atoms with Crippen LogP contribution in [0, 0.1) is 0 Å². The fraction of sp³-hybridized carbons (Fsp3) is 0.571. The van der Waals surface area contributed by atoms with Crippen LogP contribution in [0.15, 0.2) is 12.1 Å². The van der Waals surface area contributed by atoms with Crippen molar-refractivity contribution in [3.8, 4) is 0 Å². The van der Waals surface area contributed by atoms with Crippen molar-refractivity contribution in [2.24, 2.45) is 0 Å². The van der Waals surface area contributed by atoms with Crippen molar-refractivity contribution in [3.63, 3.8) is 0 Å². The van der Waals surface area contributed by atoms with Gasteiger partial charge in [0.1, 0.15) is 11.0 Å². The van der Waals surface area contributed by atoms with Gasteiger partial charge in [-0.25, -0.2) is 4.98 Å². The van der Waals surface area contributed by atoms with Crippen LogP contribution in [0.2, 0.25) is 5.15 Å². The fourth-order valence-electron chi connectivity index (χ4n) is 2.55. The Morgan fingerprint density at radius 1 is 1.47 bits per heavy atom. The molecule has 2 rings (SSSR count). The Morgan fingerprint density at radius 2 is 2.16 bits per heavy atom. The van der Waals surface area contributed by atoms with Crippen molar-refractivity contribution in [1.29, 1.82) is 0 Å². The quantitative estimate of drug-likeness (QED) is 0.862. The van der Waals surface area contributed by atoms with Crippen LogP contribution in [0.5, 0.6) is 0 Å². The Labute approximate surface area is 119 Å². The summed E-state index contributed by atoms with van der Waals surface area (Å²) >= 11 is 5.97. The monoisotopic (exact) mass is 281 g/mol. The van der Waals surface area contributed by atoms with Crippen LogP contribution in [0.25, 0.3) is 0 Å². The molecule has 1 fully saturated rings. The van der Waals surface area contributed by atoms with Crippen LogP contribution in [0.3, 0.4) is 0 Å². The van der Waals surface area contributed by atoms with E-state index in [2.05, 4.69) is 10.3 Å². The average Bonchev–Trinajstić information content (AvgIpc) is 2.90. The lowest BCUT2D eigenvalue weighted by molar-refractivity contribution is 0.0735. The van der Waals surface area contributed by atoms with Gasteiger partial charge in [-0.2, -0.15) is 0 Å². The van der Waals surface area contributed by atoms with Gasteiger partial charge in [0, 0.05) is 25.2 Å². The van der Waals surface area contributed by atoms with Crippen molar-refractivity contribution >= 4 is 23.3 Å². The van der Waals surface area contributed by atoms with Gasteiger partial charge < -0.3 is 10.2 Å². The number of carbonyl (C=O) groups excluding carboxylic acids is 1. The standard InChI is InChI=1S/C14H20ClN3O/c1-3-16-13-9-10(8-12(15)17-13)14(19)18(2)11-6-4-5-7-11/h8-9,11H,3-7H2,1-2H3,(H,16,17).